The second-order valence-electron chi connectivity index (χ2n) is 7.81. The third-order valence-electron chi connectivity index (χ3n) is 5.65. The van der Waals surface area contributed by atoms with Gasteiger partial charge in [-0.2, -0.15) is 0 Å². The average molecular weight is 447 g/mol. The molecule has 3 N–H and O–H groups in total. The maximum absolute atomic E-state index is 12.6. The van der Waals surface area contributed by atoms with Crippen molar-refractivity contribution in [1.82, 2.24) is 9.80 Å². The Kier molecular flexibility index (Phi) is 6.21. The first-order valence-corrected chi connectivity index (χ1v) is 11.9. The predicted octanol–water partition coefficient (Wildman–Crippen LogP) is 2.49. The van der Waals surface area contributed by atoms with Crippen molar-refractivity contribution < 1.29 is 14.4 Å². The van der Waals surface area contributed by atoms with Gasteiger partial charge in [0, 0.05) is 35.9 Å². The molecule has 3 heterocycles. The number of piperazine rings is 1. The number of carbonyl (C=O) groups excluding carboxylic acids is 3. The van der Waals surface area contributed by atoms with Crippen LogP contribution in [0.15, 0.2) is 12.1 Å². The van der Waals surface area contributed by atoms with Crippen LogP contribution >= 0.6 is 22.7 Å². The molecule has 3 amide bonds. The van der Waals surface area contributed by atoms with Crippen molar-refractivity contribution in [1.29, 1.82) is 0 Å². The molecule has 0 atom stereocenters. The van der Waals surface area contributed by atoms with Crippen molar-refractivity contribution in [2.75, 3.05) is 38.0 Å². The van der Waals surface area contributed by atoms with E-state index in [4.69, 9.17) is 5.73 Å². The van der Waals surface area contributed by atoms with Crippen LogP contribution in [0.1, 0.15) is 48.2 Å². The van der Waals surface area contributed by atoms with E-state index >= 15 is 0 Å². The van der Waals surface area contributed by atoms with Gasteiger partial charge in [-0.1, -0.05) is 0 Å². The van der Waals surface area contributed by atoms with Gasteiger partial charge in [-0.05, 0) is 50.3 Å². The number of thiophene rings is 2. The number of nitrogens with zero attached hydrogens (tertiary/aromatic N) is 2. The first-order valence-electron chi connectivity index (χ1n) is 10.2. The zero-order valence-electron chi connectivity index (χ0n) is 17.0. The topological polar surface area (TPSA) is 95.7 Å². The number of nitrogens with two attached hydrogens (primary N) is 1. The molecule has 30 heavy (non-hydrogen) atoms. The smallest absolute Gasteiger partial charge is 0.264 e. The maximum Gasteiger partial charge on any atom is 0.264 e. The molecule has 1 saturated heterocycles. The minimum atomic E-state index is -0.472. The molecule has 4 rings (SSSR count). The third-order valence-corrected chi connectivity index (χ3v) is 7.84. The summed E-state index contributed by atoms with van der Waals surface area (Å²) in [7, 11) is 0. The van der Waals surface area contributed by atoms with Gasteiger partial charge in [-0.15, -0.1) is 22.7 Å². The SMILES string of the molecule is Cc1ccc(C(=O)N2CCN(CC(=O)Nc3sc4c(c3C(N)=O)CCCC4)CC2)s1. The van der Waals surface area contributed by atoms with E-state index in [0.29, 0.717) is 36.7 Å². The van der Waals surface area contributed by atoms with Gasteiger partial charge in [0.2, 0.25) is 5.91 Å². The molecular formula is C21H26N4O3S2. The fraction of sp³-hybridized carbons (Fsp3) is 0.476. The first kappa shape index (κ1) is 21.0. The summed E-state index contributed by atoms with van der Waals surface area (Å²) in [6.45, 7) is 4.72. The largest absolute Gasteiger partial charge is 0.365 e. The summed E-state index contributed by atoms with van der Waals surface area (Å²) in [4.78, 5) is 44.1. The van der Waals surface area contributed by atoms with Crippen LogP contribution in [-0.2, 0) is 17.6 Å². The molecular weight excluding hydrogens is 420 g/mol. The van der Waals surface area contributed by atoms with Gasteiger partial charge in [-0.3, -0.25) is 19.3 Å². The maximum atomic E-state index is 12.6. The summed E-state index contributed by atoms with van der Waals surface area (Å²) in [6.07, 6.45) is 3.94. The fourth-order valence-electron chi connectivity index (χ4n) is 4.10. The summed E-state index contributed by atoms with van der Waals surface area (Å²) in [5.74, 6) is -0.558. The highest BCUT2D eigenvalue weighted by atomic mass is 32.1. The number of nitrogens with one attached hydrogen (secondary N) is 1. The van der Waals surface area contributed by atoms with Gasteiger partial charge in [0.15, 0.2) is 0 Å². The standard InChI is InChI=1S/C21H26N4O3S2/c1-13-6-7-16(29-13)21(28)25-10-8-24(9-11-25)12-17(26)23-20-18(19(22)27)14-4-2-3-5-15(14)30-20/h6-7H,2-5,8-12H2,1H3,(H2,22,27)(H,23,26). The van der Waals surface area contributed by atoms with Gasteiger partial charge in [0.1, 0.15) is 5.00 Å². The lowest BCUT2D eigenvalue weighted by Crippen LogP contribution is -2.50. The van der Waals surface area contributed by atoms with Crippen LogP contribution in [0.2, 0.25) is 0 Å². The minimum absolute atomic E-state index is 0.0625. The molecule has 2 aromatic rings. The van der Waals surface area contributed by atoms with E-state index in [-0.39, 0.29) is 18.4 Å². The van der Waals surface area contributed by atoms with Crippen molar-refractivity contribution >= 4 is 45.4 Å². The second kappa shape index (κ2) is 8.87. The Balaban J connectivity index is 1.33. The zero-order valence-corrected chi connectivity index (χ0v) is 18.7. The molecule has 7 nitrogen and oxygen atoms in total. The lowest BCUT2D eigenvalue weighted by atomic mass is 9.95. The molecule has 0 unspecified atom stereocenters. The Morgan fingerprint density at radius 1 is 1.07 bits per heavy atom. The van der Waals surface area contributed by atoms with E-state index in [1.807, 2.05) is 28.9 Å². The van der Waals surface area contributed by atoms with Crippen molar-refractivity contribution in [3.05, 3.63) is 37.9 Å². The normalized spacial score (nSPS) is 16.9. The molecule has 9 heteroatoms. The van der Waals surface area contributed by atoms with Crippen LogP contribution in [0, 0.1) is 6.92 Å². The Hall–Kier alpha value is -2.23. The number of fused-ring (bicyclic) bond motifs is 1. The summed E-state index contributed by atoms with van der Waals surface area (Å²) in [5, 5.41) is 3.50. The minimum Gasteiger partial charge on any atom is -0.365 e. The number of hydrogen-bond donors (Lipinski definition) is 2. The lowest BCUT2D eigenvalue weighted by molar-refractivity contribution is -0.117. The molecule has 0 spiro atoms. The van der Waals surface area contributed by atoms with E-state index in [2.05, 4.69) is 5.32 Å². The average Bonchev–Trinajstić information content (AvgIpc) is 3.31. The number of aryl methyl sites for hydroxylation is 2. The van der Waals surface area contributed by atoms with Crippen molar-refractivity contribution in [2.45, 2.75) is 32.6 Å². The fourth-order valence-corrected chi connectivity index (χ4v) is 6.24. The predicted molar refractivity (Wildman–Crippen MR) is 120 cm³/mol. The van der Waals surface area contributed by atoms with Crippen molar-refractivity contribution in [2.24, 2.45) is 5.73 Å². The molecule has 1 fully saturated rings. The number of anilines is 1. The van der Waals surface area contributed by atoms with Crippen LogP contribution in [0.4, 0.5) is 5.00 Å². The van der Waals surface area contributed by atoms with Crippen LogP contribution in [-0.4, -0.2) is 60.2 Å². The van der Waals surface area contributed by atoms with Crippen LogP contribution in [0.3, 0.4) is 0 Å². The van der Waals surface area contributed by atoms with Gasteiger partial charge < -0.3 is 16.0 Å². The summed E-state index contributed by atoms with van der Waals surface area (Å²) in [5.41, 5.74) is 7.11. The Morgan fingerprint density at radius 3 is 2.47 bits per heavy atom. The molecule has 0 bridgehead atoms. The van der Waals surface area contributed by atoms with E-state index in [9.17, 15) is 14.4 Å². The molecule has 1 aliphatic carbocycles. The molecule has 0 saturated carbocycles. The quantitative estimate of drug-likeness (QED) is 0.738. The number of primary amides is 1. The summed E-state index contributed by atoms with van der Waals surface area (Å²) in [6, 6.07) is 3.83. The highest BCUT2D eigenvalue weighted by molar-refractivity contribution is 7.17. The number of hydrogen-bond acceptors (Lipinski definition) is 6. The van der Waals surface area contributed by atoms with E-state index in [0.717, 1.165) is 41.0 Å². The zero-order chi connectivity index (χ0) is 21.3. The molecule has 160 valence electrons. The number of amides is 3. The highest BCUT2D eigenvalue weighted by Crippen LogP contribution is 2.37. The van der Waals surface area contributed by atoms with E-state index < -0.39 is 5.91 Å². The van der Waals surface area contributed by atoms with Gasteiger partial charge in [0.05, 0.1) is 17.0 Å². The summed E-state index contributed by atoms with van der Waals surface area (Å²) >= 11 is 2.99. The van der Waals surface area contributed by atoms with E-state index in [1.165, 1.54) is 27.6 Å². The molecule has 1 aliphatic heterocycles. The van der Waals surface area contributed by atoms with E-state index in [1.54, 1.807) is 0 Å². The lowest BCUT2D eigenvalue weighted by Gasteiger charge is -2.34. The number of rotatable bonds is 5. The van der Waals surface area contributed by atoms with Gasteiger partial charge in [0.25, 0.3) is 11.8 Å². The first-order chi connectivity index (χ1) is 14.4. The molecule has 2 aliphatic rings. The second-order valence-corrected chi connectivity index (χ2v) is 10.2. The molecule has 2 aromatic heterocycles. The number of carbonyl (C=O) groups is 3. The summed E-state index contributed by atoms with van der Waals surface area (Å²) < 4.78 is 0. The Morgan fingerprint density at radius 2 is 1.80 bits per heavy atom. The van der Waals surface area contributed by atoms with Crippen LogP contribution in [0.25, 0.3) is 0 Å². The Bertz CT molecular complexity index is 973. The monoisotopic (exact) mass is 446 g/mol. The van der Waals surface area contributed by atoms with Crippen LogP contribution < -0.4 is 11.1 Å². The molecule has 0 radical (unpaired) electrons. The Labute approximate surface area is 183 Å². The van der Waals surface area contributed by atoms with Gasteiger partial charge in [-0.25, -0.2) is 0 Å². The van der Waals surface area contributed by atoms with Crippen LogP contribution in [0.5, 0.6) is 0 Å². The van der Waals surface area contributed by atoms with Gasteiger partial charge >= 0.3 is 0 Å². The molecule has 0 aromatic carbocycles. The van der Waals surface area contributed by atoms with Crippen molar-refractivity contribution in [3.63, 3.8) is 0 Å². The third kappa shape index (κ3) is 4.43. The highest BCUT2D eigenvalue weighted by Gasteiger charge is 2.27. The van der Waals surface area contributed by atoms with Crippen molar-refractivity contribution in [3.8, 4) is 0 Å².